The van der Waals surface area contributed by atoms with Gasteiger partial charge in [0, 0.05) is 17.4 Å². The van der Waals surface area contributed by atoms with Gasteiger partial charge in [0.05, 0.1) is 12.6 Å². The molecule has 0 bridgehead atoms. The number of hydrogen-bond acceptors (Lipinski definition) is 5. The summed E-state index contributed by atoms with van der Waals surface area (Å²) >= 11 is -0.543. The van der Waals surface area contributed by atoms with Crippen LogP contribution in [0.5, 0.6) is 5.75 Å². The van der Waals surface area contributed by atoms with Crippen molar-refractivity contribution in [3.05, 3.63) is 30.5 Å². The van der Waals surface area contributed by atoms with Crippen molar-refractivity contribution in [3.8, 4) is 17.1 Å². The van der Waals surface area contributed by atoms with Crippen LogP contribution in [0.1, 0.15) is 0 Å². The summed E-state index contributed by atoms with van der Waals surface area (Å²) in [6.07, 6.45) is 1.71. The van der Waals surface area contributed by atoms with Gasteiger partial charge in [0.25, 0.3) is 0 Å². The number of ether oxygens (including phenoxy) is 1. The zero-order valence-corrected chi connectivity index (χ0v) is 15.4. The number of pyridine rings is 1. The van der Waals surface area contributed by atoms with E-state index in [4.69, 9.17) is 4.74 Å². The summed E-state index contributed by atoms with van der Waals surface area (Å²) in [4.78, 5) is 11.4. The average Bonchev–Trinajstić information content (AvgIpc) is 2.99. The maximum atomic E-state index is 5.19. The summed E-state index contributed by atoms with van der Waals surface area (Å²) in [5.41, 5.74) is 1.70. The number of methoxy groups -OCH3 is 1. The van der Waals surface area contributed by atoms with E-state index in [2.05, 4.69) is 40.4 Å². The van der Waals surface area contributed by atoms with Crippen molar-refractivity contribution in [2.45, 2.75) is 14.8 Å². The number of benzene rings is 1. The second kappa shape index (κ2) is 7.35. The van der Waals surface area contributed by atoms with Gasteiger partial charge in [0.1, 0.15) is 5.75 Å². The van der Waals surface area contributed by atoms with Gasteiger partial charge in [-0.15, -0.1) is 0 Å². The van der Waals surface area contributed by atoms with Crippen molar-refractivity contribution in [2.24, 2.45) is 0 Å². The van der Waals surface area contributed by atoms with Crippen molar-refractivity contribution < 1.29 is 4.74 Å². The van der Waals surface area contributed by atoms with Crippen LogP contribution in [0.3, 0.4) is 0 Å². The summed E-state index contributed by atoms with van der Waals surface area (Å²) in [5.74, 6) is 1.25. The molecule has 0 saturated carbocycles. The molecule has 2 heterocycles. The van der Waals surface area contributed by atoms with Crippen LogP contribution in [0.25, 0.3) is 22.3 Å². The van der Waals surface area contributed by atoms with Crippen molar-refractivity contribution in [1.29, 1.82) is 0 Å². The Kier molecular flexibility index (Phi) is 5.49. The summed E-state index contributed by atoms with van der Waals surface area (Å²) in [7, 11) is 1.62. The van der Waals surface area contributed by atoms with Gasteiger partial charge in [-0.25, -0.2) is 0 Å². The quantitative estimate of drug-likeness (QED) is 0.626. The Morgan fingerprint density at radius 3 is 2.52 bits per heavy atom. The molecule has 0 N–H and O–H groups in total. The van der Waals surface area contributed by atoms with Crippen LogP contribution in [0, 0.1) is 0 Å². The molecule has 1 aromatic carbocycles. The zero-order valence-electron chi connectivity index (χ0n) is 12.5. The van der Waals surface area contributed by atoms with E-state index in [9.17, 15) is 0 Å². The molecule has 0 saturated heterocycles. The van der Waals surface area contributed by atoms with E-state index in [-0.39, 0.29) is 0 Å². The molecule has 0 atom stereocenters. The van der Waals surface area contributed by atoms with Gasteiger partial charge in [0.15, 0.2) is 0 Å². The van der Waals surface area contributed by atoms with E-state index in [1.54, 1.807) is 13.3 Å². The molecule has 0 unspecified atom stereocenters. The Bertz CT molecular complexity index is 697. The molecule has 6 nitrogen and oxygen atoms in total. The van der Waals surface area contributed by atoms with E-state index >= 15 is 0 Å². The Labute approximate surface area is 130 Å². The first-order chi connectivity index (χ1) is 10.1. The van der Waals surface area contributed by atoms with E-state index < -0.39 is 19.8 Å². The Balaban J connectivity index is 0.000000361. The fourth-order valence-corrected chi connectivity index (χ4v) is 1.70. The standard InChI is InChI=1S/C11H8N5O.3CH3.Sn/c1-17-7-2-3-10-9(6-7)8(4-5-12-10)11-13-15-16-14-11;;;;/h2-6H,1H3;3*1H3;/q-1;;;;+1. The molecule has 3 rings (SSSR count). The van der Waals surface area contributed by atoms with Gasteiger partial charge >= 0.3 is 34.6 Å². The number of nitrogens with zero attached hydrogens (tertiary/aromatic N) is 5. The predicted octanol–water partition coefficient (Wildman–Crippen LogP) is 2.42. The van der Waals surface area contributed by atoms with Crippen molar-refractivity contribution in [2.75, 3.05) is 7.11 Å². The van der Waals surface area contributed by atoms with Crippen LogP contribution < -0.4 is 9.84 Å². The van der Waals surface area contributed by atoms with E-state index in [1.165, 1.54) is 0 Å². The molecule has 0 spiro atoms. The summed E-state index contributed by atoms with van der Waals surface area (Å²) < 4.78 is 5.19. The van der Waals surface area contributed by atoms with Gasteiger partial charge in [0.2, 0.25) is 0 Å². The monoisotopic (exact) mass is 391 g/mol. The van der Waals surface area contributed by atoms with Crippen LogP contribution in [-0.2, 0) is 0 Å². The van der Waals surface area contributed by atoms with E-state index in [0.717, 1.165) is 22.2 Å². The third kappa shape index (κ3) is 4.13. The van der Waals surface area contributed by atoms with E-state index in [1.807, 2.05) is 24.3 Å². The first-order valence-electron chi connectivity index (χ1n) is 6.50. The number of fused-ring (bicyclic) bond motifs is 1. The fraction of sp³-hybridized carbons (Fsp3) is 0.286. The van der Waals surface area contributed by atoms with Gasteiger partial charge in [-0.1, -0.05) is 0 Å². The number of rotatable bonds is 2. The third-order valence-electron chi connectivity index (χ3n) is 2.51. The fourth-order valence-electron chi connectivity index (χ4n) is 1.70. The van der Waals surface area contributed by atoms with Crippen LogP contribution in [0.15, 0.2) is 30.5 Å². The van der Waals surface area contributed by atoms with Crippen molar-refractivity contribution in [1.82, 2.24) is 25.6 Å². The van der Waals surface area contributed by atoms with Crippen molar-refractivity contribution >= 4 is 30.7 Å². The number of aromatic nitrogens is 5. The van der Waals surface area contributed by atoms with Crippen molar-refractivity contribution in [3.63, 3.8) is 0 Å². The van der Waals surface area contributed by atoms with Gasteiger partial charge in [-0.3, -0.25) is 15.3 Å². The summed E-state index contributed by atoms with van der Waals surface area (Å²) in [5, 5.41) is 15.6. The number of tetrazole rings is 1. The molecule has 0 aliphatic carbocycles. The molecule has 21 heavy (non-hydrogen) atoms. The molecular weight excluding hydrogens is 373 g/mol. The minimum atomic E-state index is -0.543. The zero-order chi connectivity index (χ0) is 15.2. The molecule has 0 radical (unpaired) electrons. The minimum absolute atomic E-state index is 0.491. The summed E-state index contributed by atoms with van der Waals surface area (Å²) in [6.45, 7) is 0. The molecular formula is C14H17N5OSn. The van der Waals surface area contributed by atoms with E-state index in [0.29, 0.717) is 5.82 Å². The SMILES string of the molecule is COc1ccc2nccc(-c3nnn[n-]3)c2c1.[CH3][Sn+]([CH3])[CH3]. The van der Waals surface area contributed by atoms with Gasteiger partial charge in [-0.05, 0) is 29.8 Å². The molecule has 0 aliphatic rings. The molecule has 108 valence electrons. The average molecular weight is 390 g/mol. The van der Waals surface area contributed by atoms with Gasteiger partial charge < -0.3 is 9.84 Å². The number of hydrogen-bond donors (Lipinski definition) is 0. The maximum absolute atomic E-state index is 5.19. The normalized spacial score (nSPS) is 9.90. The Morgan fingerprint density at radius 2 is 1.90 bits per heavy atom. The third-order valence-corrected chi connectivity index (χ3v) is 2.51. The Morgan fingerprint density at radius 1 is 1.14 bits per heavy atom. The van der Waals surface area contributed by atoms with Crippen LogP contribution in [0.2, 0.25) is 14.8 Å². The van der Waals surface area contributed by atoms with Crippen LogP contribution in [0.4, 0.5) is 0 Å². The molecule has 0 amide bonds. The molecule has 0 fully saturated rings. The molecule has 3 aromatic rings. The summed E-state index contributed by atoms with van der Waals surface area (Å²) in [6, 6.07) is 7.48. The van der Waals surface area contributed by atoms with Crippen LogP contribution in [-0.4, -0.2) is 47.4 Å². The second-order valence-electron chi connectivity index (χ2n) is 4.94. The predicted molar refractivity (Wildman–Crippen MR) is 83.8 cm³/mol. The molecule has 2 aromatic heterocycles. The van der Waals surface area contributed by atoms with Crippen LogP contribution >= 0.6 is 0 Å². The second-order valence-corrected chi connectivity index (χ2v) is 13.5. The topological polar surface area (TPSA) is 74.9 Å². The molecule has 0 aliphatic heterocycles. The first kappa shape index (κ1) is 15.7. The molecule has 7 heteroatoms. The first-order valence-corrected chi connectivity index (χ1v) is 15.1. The van der Waals surface area contributed by atoms with Gasteiger partial charge in [-0.2, -0.15) is 5.21 Å². The Hall–Kier alpha value is -1.70.